The maximum absolute atomic E-state index is 12.2. The van der Waals surface area contributed by atoms with Crippen molar-refractivity contribution in [3.8, 4) is 22.8 Å². The zero-order chi connectivity index (χ0) is 19.4. The van der Waals surface area contributed by atoms with E-state index in [1.807, 2.05) is 0 Å². The lowest BCUT2D eigenvalue weighted by atomic mass is 10.1. The fourth-order valence-corrected chi connectivity index (χ4v) is 2.61. The Balaban J connectivity index is 1.95. The number of hydrogen-bond donors (Lipinski definition) is 0. The monoisotopic (exact) mass is 367 g/mol. The summed E-state index contributed by atoms with van der Waals surface area (Å²) in [7, 11) is 3.11. The van der Waals surface area contributed by atoms with Crippen LogP contribution in [0.25, 0.3) is 11.3 Å². The van der Waals surface area contributed by atoms with E-state index in [0.717, 1.165) is 11.1 Å². The van der Waals surface area contributed by atoms with Gasteiger partial charge in [0.1, 0.15) is 11.5 Å². The summed E-state index contributed by atoms with van der Waals surface area (Å²) in [6, 6.07) is 14.4. The summed E-state index contributed by atoms with van der Waals surface area (Å²) in [6.07, 6.45) is 0. The largest absolute Gasteiger partial charge is 0.497 e. The summed E-state index contributed by atoms with van der Waals surface area (Å²) >= 11 is 0. The maximum atomic E-state index is 12.2. The molecule has 0 saturated carbocycles. The van der Waals surface area contributed by atoms with E-state index in [9.17, 15) is 14.9 Å². The molecule has 0 amide bonds. The molecule has 0 spiro atoms. The molecule has 0 bridgehead atoms. The van der Waals surface area contributed by atoms with Crippen LogP contribution in [0.3, 0.4) is 0 Å². The second-order valence-corrected chi connectivity index (χ2v) is 5.70. The average molecular weight is 367 g/mol. The van der Waals surface area contributed by atoms with Gasteiger partial charge in [-0.3, -0.25) is 14.9 Å². The number of ether oxygens (including phenoxy) is 2. The molecule has 0 atom stereocenters. The van der Waals surface area contributed by atoms with E-state index in [1.54, 1.807) is 50.6 Å². The molecule has 0 aliphatic heterocycles. The number of nitro groups is 1. The second-order valence-electron chi connectivity index (χ2n) is 5.70. The Hall–Kier alpha value is -3.68. The number of nitro benzene ring substituents is 1. The van der Waals surface area contributed by atoms with Gasteiger partial charge in [-0.25, -0.2) is 4.68 Å². The normalized spacial score (nSPS) is 10.4. The molecule has 0 radical (unpaired) electrons. The first-order valence-corrected chi connectivity index (χ1v) is 8.05. The average Bonchev–Trinajstić information content (AvgIpc) is 2.69. The fourth-order valence-electron chi connectivity index (χ4n) is 2.61. The second kappa shape index (κ2) is 7.69. The first-order chi connectivity index (χ1) is 13.0. The third-order valence-electron chi connectivity index (χ3n) is 4.03. The van der Waals surface area contributed by atoms with Gasteiger partial charge in [0.2, 0.25) is 0 Å². The number of aromatic nitrogens is 2. The zero-order valence-corrected chi connectivity index (χ0v) is 14.8. The van der Waals surface area contributed by atoms with E-state index in [4.69, 9.17) is 9.47 Å². The third kappa shape index (κ3) is 3.95. The molecule has 2 aromatic carbocycles. The van der Waals surface area contributed by atoms with Crippen LogP contribution in [0.2, 0.25) is 0 Å². The van der Waals surface area contributed by atoms with E-state index in [0.29, 0.717) is 17.2 Å². The molecule has 0 N–H and O–H groups in total. The van der Waals surface area contributed by atoms with Gasteiger partial charge in [0, 0.05) is 29.8 Å². The van der Waals surface area contributed by atoms with Crippen molar-refractivity contribution in [1.29, 1.82) is 0 Å². The van der Waals surface area contributed by atoms with Crippen LogP contribution in [0.4, 0.5) is 5.69 Å². The van der Waals surface area contributed by atoms with Crippen molar-refractivity contribution in [2.24, 2.45) is 0 Å². The van der Waals surface area contributed by atoms with Crippen LogP contribution in [0.5, 0.6) is 11.5 Å². The van der Waals surface area contributed by atoms with Crippen LogP contribution in [0, 0.1) is 10.1 Å². The molecule has 1 aromatic heterocycles. The van der Waals surface area contributed by atoms with Crippen LogP contribution in [0.15, 0.2) is 59.4 Å². The minimum absolute atomic E-state index is 0.00391. The predicted molar refractivity (Wildman–Crippen MR) is 99.2 cm³/mol. The summed E-state index contributed by atoms with van der Waals surface area (Å²) in [6.45, 7) is 0.198. The Labute approximate surface area is 154 Å². The van der Waals surface area contributed by atoms with Gasteiger partial charge in [-0.2, -0.15) is 5.10 Å². The van der Waals surface area contributed by atoms with Gasteiger partial charge in [0.25, 0.3) is 11.2 Å². The van der Waals surface area contributed by atoms with Crippen molar-refractivity contribution >= 4 is 5.69 Å². The fraction of sp³-hybridized carbons (Fsp3) is 0.158. The van der Waals surface area contributed by atoms with Gasteiger partial charge >= 0.3 is 0 Å². The highest BCUT2D eigenvalue weighted by Crippen LogP contribution is 2.31. The molecule has 8 nitrogen and oxygen atoms in total. The number of methoxy groups -OCH3 is 2. The van der Waals surface area contributed by atoms with Gasteiger partial charge in [-0.1, -0.05) is 12.1 Å². The molecule has 3 rings (SSSR count). The minimum atomic E-state index is -0.467. The van der Waals surface area contributed by atoms with Crippen molar-refractivity contribution in [3.63, 3.8) is 0 Å². The lowest BCUT2D eigenvalue weighted by Crippen LogP contribution is -2.22. The van der Waals surface area contributed by atoms with Crippen LogP contribution in [-0.4, -0.2) is 28.9 Å². The van der Waals surface area contributed by atoms with Gasteiger partial charge in [-0.15, -0.1) is 0 Å². The Kier molecular flexibility index (Phi) is 5.16. The number of hydrogen-bond acceptors (Lipinski definition) is 6. The van der Waals surface area contributed by atoms with E-state index in [-0.39, 0.29) is 17.8 Å². The Morgan fingerprint density at radius 3 is 2.41 bits per heavy atom. The van der Waals surface area contributed by atoms with Crippen molar-refractivity contribution < 1.29 is 14.4 Å². The Bertz CT molecular complexity index is 1030. The molecule has 138 valence electrons. The summed E-state index contributed by atoms with van der Waals surface area (Å²) in [4.78, 5) is 22.5. The first-order valence-electron chi connectivity index (χ1n) is 8.05. The number of benzene rings is 2. The maximum Gasteiger partial charge on any atom is 0.269 e. The van der Waals surface area contributed by atoms with Crippen LogP contribution < -0.4 is 15.0 Å². The molecule has 3 aromatic rings. The van der Waals surface area contributed by atoms with E-state index in [2.05, 4.69) is 5.10 Å². The van der Waals surface area contributed by atoms with Gasteiger partial charge < -0.3 is 9.47 Å². The Morgan fingerprint density at radius 2 is 1.78 bits per heavy atom. The Morgan fingerprint density at radius 1 is 1.04 bits per heavy atom. The van der Waals surface area contributed by atoms with Gasteiger partial charge in [0.05, 0.1) is 31.4 Å². The zero-order valence-electron chi connectivity index (χ0n) is 14.8. The summed E-state index contributed by atoms with van der Waals surface area (Å²) in [5.41, 5.74) is 1.74. The summed E-state index contributed by atoms with van der Waals surface area (Å²) in [5.74, 6) is 1.22. The molecule has 1 heterocycles. The highest BCUT2D eigenvalue weighted by Gasteiger charge is 2.11. The standard InChI is InChI=1S/C19H17N3O5/c1-26-15-7-8-16(18(11-15)27-2)17-9-10-19(23)21(20-17)12-13-3-5-14(6-4-13)22(24)25/h3-11H,12H2,1-2H3. The molecule has 0 saturated heterocycles. The molecule has 0 fully saturated rings. The topological polar surface area (TPSA) is 96.5 Å². The molecular weight excluding hydrogens is 350 g/mol. The molecule has 0 aliphatic rings. The molecule has 0 aliphatic carbocycles. The summed E-state index contributed by atoms with van der Waals surface area (Å²) < 4.78 is 11.9. The van der Waals surface area contributed by atoms with Crippen LogP contribution in [-0.2, 0) is 6.54 Å². The van der Waals surface area contributed by atoms with E-state index >= 15 is 0 Å². The van der Waals surface area contributed by atoms with Crippen molar-refractivity contribution in [1.82, 2.24) is 9.78 Å². The van der Waals surface area contributed by atoms with E-state index in [1.165, 1.54) is 22.9 Å². The van der Waals surface area contributed by atoms with Crippen molar-refractivity contribution in [2.45, 2.75) is 6.54 Å². The molecule has 27 heavy (non-hydrogen) atoms. The molecule has 8 heteroatoms. The predicted octanol–water partition coefficient (Wildman–Crippen LogP) is 2.88. The molecule has 0 unspecified atom stereocenters. The van der Waals surface area contributed by atoms with E-state index < -0.39 is 4.92 Å². The highest BCUT2D eigenvalue weighted by atomic mass is 16.6. The number of rotatable bonds is 6. The lowest BCUT2D eigenvalue weighted by molar-refractivity contribution is -0.384. The summed E-state index contributed by atoms with van der Waals surface area (Å²) in [5, 5.41) is 15.2. The minimum Gasteiger partial charge on any atom is -0.497 e. The highest BCUT2D eigenvalue weighted by molar-refractivity contribution is 5.68. The van der Waals surface area contributed by atoms with Crippen molar-refractivity contribution in [3.05, 3.63) is 80.6 Å². The smallest absolute Gasteiger partial charge is 0.269 e. The number of non-ortho nitro benzene ring substituents is 1. The first kappa shape index (κ1) is 18.1. The number of nitrogens with zero attached hydrogens (tertiary/aromatic N) is 3. The SMILES string of the molecule is COc1ccc(-c2ccc(=O)n(Cc3ccc([N+](=O)[O-])cc3)n2)c(OC)c1. The molecular formula is C19H17N3O5. The van der Waals surface area contributed by atoms with Crippen LogP contribution >= 0.6 is 0 Å². The van der Waals surface area contributed by atoms with Crippen LogP contribution in [0.1, 0.15) is 5.56 Å². The lowest BCUT2D eigenvalue weighted by Gasteiger charge is -2.11. The van der Waals surface area contributed by atoms with Gasteiger partial charge in [0.15, 0.2) is 0 Å². The van der Waals surface area contributed by atoms with Gasteiger partial charge in [-0.05, 0) is 23.8 Å². The van der Waals surface area contributed by atoms with Crippen molar-refractivity contribution in [2.75, 3.05) is 14.2 Å². The quantitative estimate of drug-likeness (QED) is 0.491. The third-order valence-corrected chi connectivity index (χ3v) is 4.03.